The Hall–Kier alpha value is -1.72. The van der Waals surface area contributed by atoms with Crippen LogP contribution in [0.1, 0.15) is 25.0 Å². The Morgan fingerprint density at radius 1 is 1.45 bits per heavy atom. The highest BCUT2D eigenvalue weighted by molar-refractivity contribution is 5.85. The second-order valence-corrected chi connectivity index (χ2v) is 5.50. The Morgan fingerprint density at radius 3 is 2.65 bits per heavy atom. The van der Waals surface area contributed by atoms with Crippen LogP contribution in [0.5, 0.6) is 0 Å². The minimum absolute atomic E-state index is 0.413. The quantitative estimate of drug-likeness (QED) is 0.784. The van der Waals surface area contributed by atoms with Gasteiger partial charge in [0.05, 0.1) is 5.60 Å². The molecule has 0 aliphatic heterocycles. The van der Waals surface area contributed by atoms with Gasteiger partial charge < -0.3 is 10.2 Å². The van der Waals surface area contributed by atoms with Crippen LogP contribution in [0, 0.1) is 5.82 Å². The zero-order valence-electron chi connectivity index (χ0n) is 11.9. The Bertz CT molecular complexity index is 506. The lowest BCUT2D eigenvalue weighted by Crippen LogP contribution is -2.35. The van der Waals surface area contributed by atoms with Crippen LogP contribution in [0.25, 0.3) is 6.08 Å². The van der Waals surface area contributed by atoms with E-state index in [-0.39, 0.29) is 0 Å². The van der Waals surface area contributed by atoms with Crippen molar-refractivity contribution < 1.29 is 19.4 Å². The second kappa shape index (κ2) is 6.63. The molecule has 2 N–H and O–H groups in total. The van der Waals surface area contributed by atoms with Crippen molar-refractivity contribution in [3.63, 3.8) is 0 Å². The molecule has 5 heteroatoms. The molecule has 0 atom stereocenters. The van der Waals surface area contributed by atoms with E-state index in [1.807, 2.05) is 11.9 Å². The number of rotatable bonds is 6. The normalized spacial score (nSPS) is 12.3. The predicted molar refractivity (Wildman–Crippen MR) is 75.7 cm³/mol. The van der Waals surface area contributed by atoms with Gasteiger partial charge in [0.25, 0.3) is 0 Å². The van der Waals surface area contributed by atoms with Gasteiger partial charge in [-0.2, -0.15) is 0 Å². The molecule has 0 aromatic heterocycles. The monoisotopic (exact) mass is 281 g/mol. The van der Waals surface area contributed by atoms with Crippen LogP contribution < -0.4 is 0 Å². The molecule has 0 saturated heterocycles. The van der Waals surface area contributed by atoms with Crippen LogP contribution >= 0.6 is 0 Å². The molecule has 0 bridgehead atoms. The fourth-order valence-corrected chi connectivity index (χ4v) is 2.03. The second-order valence-electron chi connectivity index (χ2n) is 5.50. The fourth-order valence-electron chi connectivity index (χ4n) is 2.03. The number of aliphatic hydroxyl groups is 1. The Morgan fingerprint density at radius 2 is 2.10 bits per heavy atom. The standard InChI is InChI=1S/C15H20FNO3/c1-15(2,20)10-17(3)9-12-4-6-13(16)8-11(12)5-7-14(18)19/h4-8,20H,9-10H2,1-3H3,(H,18,19). The third kappa shape index (κ3) is 5.95. The topological polar surface area (TPSA) is 60.8 Å². The molecule has 0 saturated carbocycles. The largest absolute Gasteiger partial charge is 0.478 e. The van der Waals surface area contributed by atoms with Gasteiger partial charge in [-0.1, -0.05) is 6.07 Å². The third-order valence-corrected chi connectivity index (χ3v) is 2.61. The van der Waals surface area contributed by atoms with Crippen LogP contribution in [-0.2, 0) is 11.3 Å². The first kappa shape index (κ1) is 16.3. The first-order chi connectivity index (χ1) is 9.17. The molecule has 0 unspecified atom stereocenters. The van der Waals surface area contributed by atoms with E-state index in [1.165, 1.54) is 18.2 Å². The summed E-state index contributed by atoms with van der Waals surface area (Å²) in [6.45, 7) is 4.36. The van der Waals surface area contributed by atoms with Crippen molar-refractivity contribution in [3.8, 4) is 0 Å². The van der Waals surface area contributed by atoms with Gasteiger partial charge in [-0.15, -0.1) is 0 Å². The maximum absolute atomic E-state index is 13.2. The number of benzene rings is 1. The van der Waals surface area contributed by atoms with Gasteiger partial charge in [0.15, 0.2) is 0 Å². The smallest absolute Gasteiger partial charge is 0.328 e. The van der Waals surface area contributed by atoms with Crippen molar-refractivity contribution in [1.82, 2.24) is 4.90 Å². The highest BCUT2D eigenvalue weighted by atomic mass is 19.1. The van der Waals surface area contributed by atoms with E-state index in [0.29, 0.717) is 18.7 Å². The van der Waals surface area contributed by atoms with Gasteiger partial charge in [0, 0.05) is 19.2 Å². The molecule has 20 heavy (non-hydrogen) atoms. The number of carboxylic acid groups (broad SMARTS) is 1. The molecular formula is C15H20FNO3. The van der Waals surface area contributed by atoms with E-state index in [2.05, 4.69) is 0 Å². The summed E-state index contributed by atoms with van der Waals surface area (Å²) in [5, 5.41) is 18.4. The van der Waals surface area contributed by atoms with Gasteiger partial charge >= 0.3 is 5.97 Å². The SMILES string of the molecule is CN(Cc1ccc(F)cc1C=CC(=O)O)CC(C)(C)O. The van der Waals surface area contributed by atoms with Crippen molar-refractivity contribution in [2.24, 2.45) is 0 Å². The molecule has 0 spiro atoms. The van der Waals surface area contributed by atoms with E-state index in [4.69, 9.17) is 5.11 Å². The van der Waals surface area contributed by atoms with Crippen molar-refractivity contribution >= 4 is 12.0 Å². The summed E-state index contributed by atoms with van der Waals surface area (Å²) in [7, 11) is 1.84. The number of carbonyl (C=O) groups is 1. The van der Waals surface area contributed by atoms with Crippen molar-refractivity contribution in [1.29, 1.82) is 0 Å². The van der Waals surface area contributed by atoms with Crippen LogP contribution in [0.4, 0.5) is 4.39 Å². The zero-order valence-corrected chi connectivity index (χ0v) is 11.9. The molecule has 110 valence electrons. The number of hydrogen-bond acceptors (Lipinski definition) is 3. The molecule has 0 aliphatic carbocycles. The molecule has 0 amide bonds. The Kier molecular flexibility index (Phi) is 5.42. The molecule has 1 aromatic carbocycles. The minimum atomic E-state index is -1.08. The highest BCUT2D eigenvalue weighted by Gasteiger charge is 2.16. The van der Waals surface area contributed by atoms with E-state index < -0.39 is 17.4 Å². The first-order valence-electron chi connectivity index (χ1n) is 6.28. The van der Waals surface area contributed by atoms with Gasteiger partial charge in [-0.05, 0) is 50.2 Å². The molecule has 1 aromatic rings. The maximum Gasteiger partial charge on any atom is 0.328 e. The van der Waals surface area contributed by atoms with Crippen LogP contribution in [-0.4, -0.2) is 40.3 Å². The molecule has 4 nitrogen and oxygen atoms in total. The lowest BCUT2D eigenvalue weighted by molar-refractivity contribution is -0.131. The third-order valence-electron chi connectivity index (χ3n) is 2.61. The summed E-state index contributed by atoms with van der Waals surface area (Å²) < 4.78 is 13.2. The summed E-state index contributed by atoms with van der Waals surface area (Å²) in [5.41, 5.74) is 0.497. The summed E-state index contributed by atoms with van der Waals surface area (Å²) >= 11 is 0. The van der Waals surface area contributed by atoms with Gasteiger partial charge in [0.1, 0.15) is 5.82 Å². The van der Waals surface area contributed by atoms with E-state index in [1.54, 1.807) is 19.9 Å². The summed E-state index contributed by atoms with van der Waals surface area (Å²) in [5.74, 6) is -1.49. The van der Waals surface area contributed by atoms with E-state index in [0.717, 1.165) is 11.6 Å². The average Bonchev–Trinajstić information content (AvgIpc) is 2.26. The summed E-state index contributed by atoms with van der Waals surface area (Å²) in [4.78, 5) is 12.4. The van der Waals surface area contributed by atoms with Gasteiger partial charge in [-0.25, -0.2) is 9.18 Å². The summed E-state index contributed by atoms with van der Waals surface area (Å²) in [6, 6.07) is 4.26. The van der Waals surface area contributed by atoms with Crippen LogP contribution in [0.2, 0.25) is 0 Å². The number of carboxylic acids is 1. The number of nitrogens with zero attached hydrogens (tertiary/aromatic N) is 1. The highest BCUT2D eigenvalue weighted by Crippen LogP contribution is 2.16. The van der Waals surface area contributed by atoms with Crippen LogP contribution in [0.15, 0.2) is 24.3 Å². The molecule has 1 rings (SSSR count). The summed E-state index contributed by atoms with van der Waals surface area (Å²) in [6.07, 6.45) is 2.35. The molecule has 0 radical (unpaired) electrons. The predicted octanol–water partition coefficient (Wildman–Crippen LogP) is 2.13. The minimum Gasteiger partial charge on any atom is -0.478 e. The van der Waals surface area contributed by atoms with Crippen LogP contribution in [0.3, 0.4) is 0 Å². The lowest BCUT2D eigenvalue weighted by Gasteiger charge is -2.26. The average molecular weight is 281 g/mol. The van der Waals surface area contributed by atoms with Gasteiger partial charge in [-0.3, -0.25) is 4.90 Å². The molecule has 0 aliphatic rings. The van der Waals surface area contributed by atoms with Crippen molar-refractivity contribution in [2.75, 3.05) is 13.6 Å². The zero-order chi connectivity index (χ0) is 15.3. The van der Waals surface area contributed by atoms with E-state index in [9.17, 15) is 14.3 Å². The molecule has 0 heterocycles. The first-order valence-corrected chi connectivity index (χ1v) is 6.28. The number of aliphatic carboxylic acids is 1. The Balaban J connectivity index is 2.91. The molecule has 0 fully saturated rings. The van der Waals surface area contributed by atoms with E-state index >= 15 is 0 Å². The van der Waals surface area contributed by atoms with Crippen molar-refractivity contribution in [3.05, 3.63) is 41.2 Å². The lowest BCUT2D eigenvalue weighted by atomic mass is 10.0. The van der Waals surface area contributed by atoms with Crippen molar-refractivity contribution in [2.45, 2.75) is 26.0 Å². The number of hydrogen-bond donors (Lipinski definition) is 2. The number of likely N-dealkylation sites (N-methyl/N-ethyl adjacent to an activating group) is 1. The Labute approximate surface area is 118 Å². The molecular weight excluding hydrogens is 261 g/mol. The fraction of sp³-hybridized carbons (Fsp3) is 0.400. The van der Waals surface area contributed by atoms with Gasteiger partial charge in [0.2, 0.25) is 0 Å². The number of halogens is 1. The maximum atomic E-state index is 13.2.